The van der Waals surface area contributed by atoms with Gasteiger partial charge in [0.25, 0.3) is 5.91 Å². The molecule has 2 aromatic rings. The number of aromatic nitrogens is 1. The van der Waals surface area contributed by atoms with Crippen LogP contribution >= 0.6 is 0 Å². The van der Waals surface area contributed by atoms with Gasteiger partial charge in [0.15, 0.2) is 0 Å². The molecular weight excluding hydrogens is 278 g/mol. The monoisotopic (exact) mass is 297 g/mol. The zero-order chi connectivity index (χ0) is 15.5. The molecule has 5 nitrogen and oxygen atoms in total. The first-order chi connectivity index (χ1) is 10.7. The standard InChI is InChI=1S/C17H19N3O2/c1-12-10-13-4-2-3-5-15(13)20(12)16-11-14(6-7-18-16)17(22)19-8-9-21/h2-7,11-12,21H,8-10H2,1H3,(H,19,22). The third kappa shape index (κ3) is 2.67. The maximum absolute atomic E-state index is 12.0. The number of para-hydroxylation sites is 1. The fourth-order valence-corrected chi connectivity index (χ4v) is 2.88. The lowest BCUT2D eigenvalue weighted by Gasteiger charge is -2.24. The fraction of sp³-hybridized carbons (Fsp3) is 0.294. The van der Waals surface area contributed by atoms with Gasteiger partial charge in [0, 0.05) is 30.0 Å². The molecule has 1 aliphatic heterocycles. The summed E-state index contributed by atoms with van der Waals surface area (Å²) in [5, 5.41) is 11.5. The highest BCUT2D eigenvalue weighted by atomic mass is 16.3. The Labute approximate surface area is 129 Å². The highest BCUT2D eigenvalue weighted by Gasteiger charge is 2.27. The summed E-state index contributed by atoms with van der Waals surface area (Å²) in [5.41, 5.74) is 3.00. The van der Waals surface area contributed by atoms with E-state index in [2.05, 4.69) is 34.3 Å². The van der Waals surface area contributed by atoms with Crippen molar-refractivity contribution in [2.24, 2.45) is 0 Å². The number of benzene rings is 1. The molecule has 22 heavy (non-hydrogen) atoms. The average Bonchev–Trinajstić information content (AvgIpc) is 2.88. The summed E-state index contributed by atoms with van der Waals surface area (Å²) in [7, 11) is 0. The molecule has 1 atom stereocenters. The normalized spacial score (nSPS) is 16.5. The maximum Gasteiger partial charge on any atom is 0.251 e. The van der Waals surface area contributed by atoms with Gasteiger partial charge in [-0.05, 0) is 37.1 Å². The maximum atomic E-state index is 12.0. The minimum Gasteiger partial charge on any atom is -0.395 e. The van der Waals surface area contributed by atoms with Gasteiger partial charge in [-0.1, -0.05) is 18.2 Å². The van der Waals surface area contributed by atoms with Crippen molar-refractivity contribution in [3.8, 4) is 0 Å². The number of hydrogen-bond acceptors (Lipinski definition) is 4. The molecular formula is C17H19N3O2. The second kappa shape index (κ2) is 6.15. The van der Waals surface area contributed by atoms with Gasteiger partial charge in [-0.25, -0.2) is 4.98 Å². The van der Waals surface area contributed by atoms with Crippen LogP contribution in [0.15, 0.2) is 42.6 Å². The summed E-state index contributed by atoms with van der Waals surface area (Å²) in [6.07, 6.45) is 2.62. The van der Waals surface area contributed by atoms with E-state index in [9.17, 15) is 4.79 Å². The van der Waals surface area contributed by atoms with Crippen LogP contribution in [-0.2, 0) is 6.42 Å². The van der Waals surface area contributed by atoms with Gasteiger partial charge in [0.05, 0.1) is 6.61 Å². The molecule has 0 radical (unpaired) electrons. The number of carbonyl (C=O) groups excluding carboxylic acids is 1. The van der Waals surface area contributed by atoms with Gasteiger partial charge in [-0.2, -0.15) is 0 Å². The van der Waals surface area contributed by atoms with Crippen molar-refractivity contribution in [2.45, 2.75) is 19.4 Å². The van der Waals surface area contributed by atoms with E-state index < -0.39 is 0 Å². The van der Waals surface area contributed by atoms with E-state index in [1.54, 1.807) is 18.3 Å². The number of nitrogens with zero attached hydrogens (tertiary/aromatic N) is 2. The van der Waals surface area contributed by atoms with Crippen molar-refractivity contribution in [1.82, 2.24) is 10.3 Å². The van der Waals surface area contributed by atoms with Crippen LogP contribution < -0.4 is 10.2 Å². The van der Waals surface area contributed by atoms with E-state index in [0.717, 1.165) is 17.9 Å². The number of anilines is 2. The number of carbonyl (C=O) groups is 1. The smallest absolute Gasteiger partial charge is 0.251 e. The first kappa shape index (κ1) is 14.5. The summed E-state index contributed by atoms with van der Waals surface area (Å²) in [6, 6.07) is 12.1. The summed E-state index contributed by atoms with van der Waals surface area (Å²) >= 11 is 0. The number of aliphatic hydroxyl groups excluding tert-OH is 1. The highest BCUT2D eigenvalue weighted by Crippen LogP contribution is 2.37. The van der Waals surface area contributed by atoms with Crippen LogP contribution in [0, 0.1) is 0 Å². The number of rotatable bonds is 4. The Morgan fingerprint density at radius 1 is 1.41 bits per heavy atom. The Morgan fingerprint density at radius 2 is 2.23 bits per heavy atom. The minimum absolute atomic E-state index is 0.0692. The lowest BCUT2D eigenvalue weighted by Crippen LogP contribution is -2.28. The lowest BCUT2D eigenvalue weighted by molar-refractivity contribution is 0.0944. The van der Waals surface area contributed by atoms with Gasteiger partial charge < -0.3 is 15.3 Å². The Balaban J connectivity index is 1.91. The number of fused-ring (bicyclic) bond motifs is 1. The predicted molar refractivity (Wildman–Crippen MR) is 85.4 cm³/mol. The summed E-state index contributed by atoms with van der Waals surface area (Å²) in [5.74, 6) is 0.576. The highest BCUT2D eigenvalue weighted by molar-refractivity contribution is 5.95. The van der Waals surface area contributed by atoms with Crippen molar-refractivity contribution in [1.29, 1.82) is 0 Å². The number of pyridine rings is 1. The van der Waals surface area contributed by atoms with E-state index in [1.807, 2.05) is 12.1 Å². The van der Waals surface area contributed by atoms with Crippen molar-refractivity contribution < 1.29 is 9.90 Å². The van der Waals surface area contributed by atoms with Crippen LogP contribution in [0.3, 0.4) is 0 Å². The number of aliphatic hydroxyl groups is 1. The van der Waals surface area contributed by atoms with Crippen LogP contribution in [0.5, 0.6) is 0 Å². The molecule has 1 aromatic heterocycles. The predicted octanol–water partition coefficient (Wildman–Crippen LogP) is 1.89. The molecule has 0 aliphatic carbocycles. The van der Waals surface area contributed by atoms with Crippen LogP contribution in [-0.4, -0.2) is 35.2 Å². The zero-order valence-electron chi connectivity index (χ0n) is 12.5. The van der Waals surface area contributed by atoms with E-state index in [0.29, 0.717) is 11.6 Å². The van der Waals surface area contributed by atoms with Crippen molar-refractivity contribution in [3.63, 3.8) is 0 Å². The van der Waals surface area contributed by atoms with Crippen LogP contribution in [0.4, 0.5) is 11.5 Å². The first-order valence-electron chi connectivity index (χ1n) is 7.43. The van der Waals surface area contributed by atoms with Crippen molar-refractivity contribution >= 4 is 17.4 Å². The van der Waals surface area contributed by atoms with Crippen LogP contribution in [0.2, 0.25) is 0 Å². The quantitative estimate of drug-likeness (QED) is 0.904. The summed E-state index contributed by atoms with van der Waals surface area (Å²) < 4.78 is 0. The average molecular weight is 297 g/mol. The fourth-order valence-electron chi connectivity index (χ4n) is 2.88. The summed E-state index contributed by atoms with van der Waals surface area (Å²) in [4.78, 5) is 18.6. The van der Waals surface area contributed by atoms with Gasteiger partial charge in [-0.15, -0.1) is 0 Å². The molecule has 1 unspecified atom stereocenters. The zero-order valence-corrected chi connectivity index (χ0v) is 12.5. The molecule has 3 rings (SSSR count). The van der Waals surface area contributed by atoms with Crippen LogP contribution in [0.1, 0.15) is 22.8 Å². The van der Waals surface area contributed by atoms with E-state index in [1.165, 1.54) is 5.56 Å². The number of nitrogens with one attached hydrogen (secondary N) is 1. The third-order valence-corrected chi connectivity index (χ3v) is 3.86. The third-order valence-electron chi connectivity index (χ3n) is 3.86. The van der Waals surface area contributed by atoms with Crippen LogP contribution in [0.25, 0.3) is 0 Å². The molecule has 5 heteroatoms. The topological polar surface area (TPSA) is 65.5 Å². The molecule has 0 bridgehead atoms. The van der Waals surface area contributed by atoms with Gasteiger partial charge in [0.1, 0.15) is 5.82 Å². The molecule has 1 aromatic carbocycles. The number of amides is 1. The largest absolute Gasteiger partial charge is 0.395 e. The molecule has 0 saturated carbocycles. The molecule has 1 aliphatic rings. The minimum atomic E-state index is -0.196. The van der Waals surface area contributed by atoms with Gasteiger partial charge in [0.2, 0.25) is 0 Å². The second-order valence-electron chi connectivity index (χ2n) is 5.43. The van der Waals surface area contributed by atoms with E-state index in [-0.39, 0.29) is 19.1 Å². The van der Waals surface area contributed by atoms with Crippen molar-refractivity contribution in [3.05, 3.63) is 53.7 Å². The molecule has 114 valence electrons. The van der Waals surface area contributed by atoms with E-state index in [4.69, 9.17) is 5.11 Å². The SMILES string of the molecule is CC1Cc2ccccc2N1c1cc(C(=O)NCCO)ccn1. The molecule has 2 N–H and O–H groups in total. The Kier molecular flexibility index (Phi) is 4.06. The molecule has 1 amide bonds. The van der Waals surface area contributed by atoms with E-state index >= 15 is 0 Å². The molecule has 0 saturated heterocycles. The molecule has 0 fully saturated rings. The Bertz CT molecular complexity index is 687. The summed E-state index contributed by atoms with van der Waals surface area (Å²) in [6.45, 7) is 2.33. The van der Waals surface area contributed by atoms with Gasteiger partial charge in [-0.3, -0.25) is 4.79 Å². The molecule has 0 spiro atoms. The number of hydrogen-bond donors (Lipinski definition) is 2. The lowest BCUT2D eigenvalue weighted by atomic mass is 10.1. The second-order valence-corrected chi connectivity index (χ2v) is 5.43. The Morgan fingerprint density at radius 3 is 3.05 bits per heavy atom. The molecule has 2 heterocycles. The Hall–Kier alpha value is -2.40. The van der Waals surface area contributed by atoms with Crippen molar-refractivity contribution in [2.75, 3.05) is 18.1 Å². The van der Waals surface area contributed by atoms with Gasteiger partial charge >= 0.3 is 0 Å². The first-order valence-corrected chi connectivity index (χ1v) is 7.43.